The highest BCUT2D eigenvalue weighted by Gasteiger charge is 2.69. The maximum Gasteiger partial charge on any atom is 0.177 e. The lowest BCUT2D eigenvalue weighted by Crippen LogP contribution is -2.35. The Morgan fingerprint density at radius 1 is 1.26 bits per heavy atom. The molecule has 3 atom stereocenters. The number of thiazole rings is 1. The van der Waals surface area contributed by atoms with Crippen LogP contribution in [0.25, 0.3) is 28.1 Å². The highest BCUT2D eigenvalue weighted by Crippen LogP contribution is 2.63. The van der Waals surface area contributed by atoms with Gasteiger partial charge in [0.05, 0.1) is 16.9 Å². The zero-order valence-electron chi connectivity index (χ0n) is 18.9. The normalized spacial score (nSPS) is 23.2. The van der Waals surface area contributed by atoms with Crippen molar-refractivity contribution >= 4 is 39.9 Å². The molecule has 0 bridgehead atoms. The van der Waals surface area contributed by atoms with Crippen LogP contribution in [0.3, 0.4) is 0 Å². The SMILES string of the molecule is Cc1csc([C@]2(CN)[C@@H]3CN(c4cnc5c(-c6ccc(-n7cccn7)cc6Cl)n[nH]c5n4)C[C@@H]32)n1. The van der Waals surface area contributed by atoms with Crippen LogP contribution in [0.4, 0.5) is 5.82 Å². The molecule has 5 aromatic rings. The van der Waals surface area contributed by atoms with Gasteiger partial charge < -0.3 is 10.6 Å². The van der Waals surface area contributed by atoms with E-state index in [-0.39, 0.29) is 5.41 Å². The molecule has 11 heteroatoms. The number of aromatic nitrogens is 7. The van der Waals surface area contributed by atoms with Gasteiger partial charge in [0.25, 0.3) is 0 Å². The van der Waals surface area contributed by atoms with Gasteiger partial charge in [0.15, 0.2) is 5.65 Å². The third-order valence-electron chi connectivity index (χ3n) is 7.45. The largest absolute Gasteiger partial charge is 0.355 e. The Morgan fingerprint density at radius 3 is 2.80 bits per heavy atom. The molecule has 176 valence electrons. The third-order valence-corrected chi connectivity index (χ3v) is 8.91. The van der Waals surface area contributed by atoms with Crippen LogP contribution < -0.4 is 10.6 Å². The molecule has 0 amide bonds. The van der Waals surface area contributed by atoms with Gasteiger partial charge in [-0.2, -0.15) is 10.2 Å². The molecule has 0 spiro atoms. The van der Waals surface area contributed by atoms with E-state index in [0.29, 0.717) is 40.3 Å². The number of H-pyrrole nitrogens is 1. The van der Waals surface area contributed by atoms with Crippen LogP contribution in [-0.2, 0) is 5.41 Å². The van der Waals surface area contributed by atoms with E-state index in [4.69, 9.17) is 32.3 Å². The second-order valence-corrected chi connectivity index (χ2v) is 10.5. The number of fused-ring (bicyclic) bond motifs is 2. The fourth-order valence-corrected chi connectivity index (χ4v) is 6.99. The molecule has 4 aromatic heterocycles. The number of hydrogen-bond acceptors (Lipinski definition) is 8. The van der Waals surface area contributed by atoms with Gasteiger partial charge in [-0.3, -0.25) is 5.10 Å². The average Bonchev–Trinajstić information content (AvgIpc) is 3.53. The van der Waals surface area contributed by atoms with Gasteiger partial charge in [-0.15, -0.1) is 11.3 Å². The topological polar surface area (TPSA) is 114 Å². The third kappa shape index (κ3) is 3.06. The predicted octanol–water partition coefficient (Wildman–Crippen LogP) is 3.59. The summed E-state index contributed by atoms with van der Waals surface area (Å²) in [4.78, 5) is 16.6. The van der Waals surface area contributed by atoms with Crippen molar-refractivity contribution in [3.63, 3.8) is 0 Å². The molecule has 1 aliphatic heterocycles. The van der Waals surface area contributed by atoms with E-state index < -0.39 is 0 Å². The summed E-state index contributed by atoms with van der Waals surface area (Å²) < 4.78 is 1.76. The van der Waals surface area contributed by atoms with Crippen LogP contribution in [0.2, 0.25) is 5.02 Å². The maximum absolute atomic E-state index is 6.62. The van der Waals surface area contributed by atoms with Crippen molar-refractivity contribution in [2.24, 2.45) is 17.6 Å². The van der Waals surface area contributed by atoms with Gasteiger partial charge in [0.2, 0.25) is 0 Å². The van der Waals surface area contributed by atoms with Crippen LogP contribution in [0.5, 0.6) is 0 Å². The first kappa shape index (κ1) is 21.0. The van der Waals surface area contributed by atoms with E-state index in [1.54, 1.807) is 22.2 Å². The van der Waals surface area contributed by atoms with Crippen molar-refractivity contribution in [2.75, 3.05) is 24.5 Å². The molecule has 3 N–H and O–H groups in total. The average molecular weight is 504 g/mol. The second-order valence-electron chi connectivity index (χ2n) is 9.27. The number of rotatable bonds is 5. The number of nitrogens with two attached hydrogens (primary N) is 1. The number of aryl methyl sites for hydroxylation is 1. The minimum atomic E-state index is 0.0210. The molecule has 35 heavy (non-hydrogen) atoms. The van der Waals surface area contributed by atoms with E-state index in [9.17, 15) is 0 Å². The number of nitrogens with one attached hydrogen (secondary N) is 1. The van der Waals surface area contributed by atoms with E-state index in [1.165, 1.54) is 5.01 Å². The van der Waals surface area contributed by atoms with Crippen molar-refractivity contribution in [1.82, 2.24) is 34.9 Å². The molecule has 0 unspecified atom stereocenters. The molecule has 1 aliphatic carbocycles. The quantitative estimate of drug-likeness (QED) is 0.376. The highest BCUT2D eigenvalue weighted by molar-refractivity contribution is 7.09. The first-order valence-electron chi connectivity index (χ1n) is 11.5. The molecular weight excluding hydrogens is 482 g/mol. The summed E-state index contributed by atoms with van der Waals surface area (Å²) in [5, 5.41) is 15.7. The van der Waals surface area contributed by atoms with Crippen molar-refractivity contribution in [1.29, 1.82) is 0 Å². The summed E-state index contributed by atoms with van der Waals surface area (Å²) in [6, 6.07) is 7.64. The first-order chi connectivity index (χ1) is 17.1. The molecule has 9 nitrogen and oxygen atoms in total. The molecule has 1 saturated heterocycles. The minimum absolute atomic E-state index is 0.0210. The van der Waals surface area contributed by atoms with E-state index in [1.807, 2.05) is 43.6 Å². The lowest BCUT2D eigenvalue weighted by Gasteiger charge is -2.25. The van der Waals surface area contributed by atoms with Crippen molar-refractivity contribution in [2.45, 2.75) is 12.3 Å². The zero-order chi connectivity index (χ0) is 23.7. The Bertz CT molecular complexity index is 1540. The smallest absolute Gasteiger partial charge is 0.177 e. The van der Waals surface area contributed by atoms with Crippen LogP contribution in [0.15, 0.2) is 48.2 Å². The fourth-order valence-electron chi connectivity index (χ4n) is 5.59. The van der Waals surface area contributed by atoms with Gasteiger partial charge in [-0.25, -0.2) is 19.6 Å². The van der Waals surface area contributed by atoms with Gasteiger partial charge in [0.1, 0.15) is 22.0 Å². The summed E-state index contributed by atoms with van der Waals surface area (Å²) in [7, 11) is 0. The number of anilines is 1. The Labute approximate surface area is 210 Å². The number of hydrogen-bond donors (Lipinski definition) is 2. The zero-order valence-corrected chi connectivity index (χ0v) is 20.5. The van der Waals surface area contributed by atoms with Crippen LogP contribution in [0, 0.1) is 18.8 Å². The molecule has 2 fully saturated rings. The molecule has 0 radical (unpaired) electrons. The van der Waals surface area contributed by atoms with E-state index in [0.717, 1.165) is 35.9 Å². The van der Waals surface area contributed by atoms with Crippen LogP contribution in [0.1, 0.15) is 10.7 Å². The maximum atomic E-state index is 6.62. The number of aromatic amines is 1. The van der Waals surface area contributed by atoms with Crippen molar-refractivity contribution in [3.8, 4) is 16.9 Å². The highest BCUT2D eigenvalue weighted by atomic mass is 35.5. The summed E-state index contributed by atoms with van der Waals surface area (Å²) in [5.74, 6) is 1.85. The van der Waals surface area contributed by atoms with Crippen molar-refractivity contribution in [3.05, 3.63) is 64.0 Å². The molecule has 1 aromatic carbocycles. The fraction of sp³-hybridized carbons (Fsp3) is 0.292. The molecule has 1 saturated carbocycles. The Hall–Kier alpha value is -3.34. The lowest BCUT2D eigenvalue weighted by molar-refractivity contribution is 0.549. The van der Waals surface area contributed by atoms with Gasteiger partial charge >= 0.3 is 0 Å². The van der Waals surface area contributed by atoms with E-state index >= 15 is 0 Å². The molecule has 7 rings (SSSR count). The standard InChI is InChI=1S/C24H22ClN9S/c1-13-11-35-23(29-13)24(12-26)16-9-33(10-17(16)24)19-8-27-21-20(31-32-22(21)30-19)15-4-3-14(7-18(15)25)34-6-2-5-28-34/h2-8,11,16-17H,9-10,12,26H2,1H3,(H,30,31,32)/t16-,17+,24-. The summed E-state index contributed by atoms with van der Waals surface area (Å²) in [6.07, 6.45) is 5.44. The van der Waals surface area contributed by atoms with Gasteiger partial charge in [0, 0.05) is 54.1 Å². The number of halogens is 1. The molecular formula is C24H22ClN9S. The van der Waals surface area contributed by atoms with Gasteiger partial charge in [-0.05, 0) is 43.0 Å². The molecule has 5 heterocycles. The Balaban J connectivity index is 1.15. The van der Waals surface area contributed by atoms with Gasteiger partial charge in [-0.1, -0.05) is 11.6 Å². The lowest BCUT2D eigenvalue weighted by atomic mass is 10.0. The first-order valence-corrected chi connectivity index (χ1v) is 12.7. The number of benzene rings is 1. The number of nitrogens with zero attached hydrogens (tertiary/aromatic N) is 7. The predicted molar refractivity (Wildman–Crippen MR) is 136 cm³/mol. The Kier molecular flexibility index (Phi) is 4.54. The van der Waals surface area contributed by atoms with Crippen LogP contribution >= 0.6 is 22.9 Å². The van der Waals surface area contributed by atoms with E-state index in [2.05, 4.69) is 25.6 Å². The van der Waals surface area contributed by atoms with Crippen molar-refractivity contribution < 1.29 is 0 Å². The summed E-state index contributed by atoms with van der Waals surface area (Å²) in [6.45, 7) is 4.49. The number of piperidine rings is 1. The summed E-state index contributed by atoms with van der Waals surface area (Å²) >= 11 is 8.36. The second kappa shape index (κ2) is 7.58. The minimum Gasteiger partial charge on any atom is -0.355 e. The van der Waals surface area contributed by atoms with Crippen LogP contribution in [-0.4, -0.2) is 54.6 Å². The Morgan fingerprint density at radius 2 is 2.11 bits per heavy atom. The molecule has 2 aliphatic rings. The summed E-state index contributed by atoms with van der Waals surface area (Å²) in [5.41, 5.74) is 11.0. The monoisotopic (exact) mass is 503 g/mol.